The van der Waals surface area contributed by atoms with Crippen LogP contribution >= 0.6 is 0 Å². The van der Waals surface area contributed by atoms with Crippen LogP contribution in [0.1, 0.15) is 30.9 Å². The number of benzene rings is 1. The van der Waals surface area contributed by atoms with Gasteiger partial charge in [-0.1, -0.05) is 18.2 Å². The van der Waals surface area contributed by atoms with Crippen LogP contribution in [0.4, 0.5) is 13.2 Å². The fourth-order valence-electron chi connectivity index (χ4n) is 2.35. The molecule has 20 heavy (non-hydrogen) atoms. The number of ketones is 1. The molecule has 1 saturated carbocycles. The van der Waals surface area contributed by atoms with E-state index in [0.717, 1.165) is 6.07 Å². The number of esters is 1. The van der Waals surface area contributed by atoms with Crippen molar-refractivity contribution >= 4 is 11.8 Å². The summed E-state index contributed by atoms with van der Waals surface area (Å²) >= 11 is 0. The third-order valence-electron chi connectivity index (χ3n) is 3.45. The summed E-state index contributed by atoms with van der Waals surface area (Å²) in [7, 11) is 0. The lowest BCUT2D eigenvalue weighted by molar-refractivity contribution is -0.142. The number of Topliss-reactive ketones (excluding diaryl/α,β-unsaturated/α-hetero) is 1. The average molecular weight is 286 g/mol. The number of alkyl halides is 3. The van der Waals surface area contributed by atoms with Crippen molar-refractivity contribution in [3.05, 3.63) is 35.4 Å². The van der Waals surface area contributed by atoms with E-state index in [1.807, 2.05) is 0 Å². The molecule has 0 radical (unpaired) electrons. The highest BCUT2D eigenvalue weighted by molar-refractivity contribution is 6.06. The quantitative estimate of drug-likeness (QED) is 0.799. The molecule has 1 unspecified atom stereocenters. The Morgan fingerprint density at radius 3 is 2.45 bits per heavy atom. The molecule has 0 aliphatic heterocycles. The fraction of sp³-hybridized carbons (Fsp3) is 0.429. The Labute approximate surface area is 113 Å². The maximum absolute atomic E-state index is 13.0. The molecule has 0 bridgehead atoms. The van der Waals surface area contributed by atoms with Gasteiger partial charge < -0.3 is 4.74 Å². The van der Waals surface area contributed by atoms with E-state index in [1.165, 1.54) is 25.1 Å². The Hall–Kier alpha value is -1.85. The van der Waals surface area contributed by atoms with Gasteiger partial charge in [0.15, 0.2) is 0 Å². The summed E-state index contributed by atoms with van der Waals surface area (Å²) in [4.78, 5) is 22.4. The largest absolute Gasteiger partial charge is 0.466 e. The Morgan fingerprint density at radius 1 is 1.35 bits per heavy atom. The van der Waals surface area contributed by atoms with E-state index in [2.05, 4.69) is 0 Å². The number of carbonyl (C=O) groups is 2. The first-order valence-electron chi connectivity index (χ1n) is 6.11. The minimum absolute atomic E-state index is 0.0235. The van der Waals surface area contributed by atoms with E-state index >= 15 is 0 Å². The Bertz CT molecular complexity index is 551. The predicted octanol–water partition coefficient (Wildman–Crippen LogP) is 2.87. The normalized spacial score (nSPS) is 21.7. The van der Waals surface area contributed by atoms with Crippen molar-refractivity contribution < 1.29 is 27.5 Å². The summed E-state index contributed by atoms with van der Waals surface area (Å²) in [5.41, 5.74) is -1.97. The Kier molecular flexibility index (Phi) is 3.58. The number of ether oxygens (including phenoxy) is 1. The van der Waals surface area contributed by atoms with Crippen molar-refractivity contribution in [3.8, 4) is 0 Å². The van der Waals surface area contributed by atoms with Crippen LogP contribution < -0.4 is 0 Å². The average Bonchev–Trinajstić information content (AvgIpc) is 3.00. The molecule has 1 fully saturated rings. The predicted molar refractivity (Wildman–Crippen MR) is 64.0 cm³/mol. The zero-order chi connectivity index (χ0) is 15.0. The van der Waals surface area contributed by atoms with Gasteiger partial charge in [0.25, 0.3) is 0 Å². The summed E-state index contributed by atoms with van der Waals surface area (Å²) in [6.07, 6.45) is -4.37. The van der Waals surface area contributed by atoms with Gasteiger partial charge in [0.1, 0.15) is 5.78 Å². The second kappa shape index (κ2) is 4.92. The molecule has 0 amide bonds. The number of carbonyl (C=O) groups excluding carboxylic acids is 2. The molecule has 3 nitrogen and oxygen atoms in total. The summed E-state index contributed by atoms with van der Waals surface area (Å²) in [5, 5.41) is 0. The SMILES string of the molecule is CC(=O)OCCC1(c2ccccc2C(F)(F)F)CC1=O. The number of hydrogen-bond donors (Lipinski definition) is 0. The van der Waals surface area contributed by atoms with Gasteiger partial charge in [0.2, 0.25) is 0 Å². The molecule has 108 valence electrons. The lowest BCUT2D eigenvalue weighted by Crippen LogP contribution is -2.20. The molecule has 2 rings (SSSR count). The zero-order valence-corrected chi connectivity index (χ0v) is 10.8. The van der Waals surface area contributed by atoms with Crippen LogP contribution in [0.25, 0.3) is 0 Å². The smallest absolute Gasteiger partial charge is 0.416 e. The van der Waals surface area contributed by atoms with Gasteiger partial charge in [-0.15, -0.1) is 0 Å². The minimum atomic E-state index is -4.51. The molecule has 6 heteroatoms. The molecular formula is C14H13F3O3. The van der Waals surface area contributed by atoms with E-state index in [9.17, 15) is 22.8 Å². The molecule has 1 aromatic carbocycles. The second-order valence-electron chi connectivity index (χ2n) is 4.82. The maximum atomic E-state index is 13.0. The fourth-order valence-corrected chi connectivity index (χ4v) is 2.35. The molecule has 1 aliphatic rings. The van der Waals surface area contributed by atoms with Gasteiger partial charge in [0, 0.05) is 13.3 Å². The van der Waals surface area contributed by atoms with E-state index in [0.29, 0.717) is 0 Å². The van der Waals surface area contributed by atoms with Gasteiger partial charge in [-0.25, -0.2) is 0 Å². The highest BCUT2D eigenvalue weighted by Crippen LogP contribution is 2.50. The summed E-state index contributed by atoms with van der Waals surface area (Å²) in [6, 6.07) is 5.05. The number of hydrogen-bond acceptors (Lipinski definition) is 3. The molecule has 0 spiro atoms. The molecule has 0 heterocycles. The molecule has 0 aromatic heterocycles. The van der Waals surface area contributed by atoms with Crippen LogP contribution in [0.3, 0.4) is 0 Å². The first-order valence-corrected chi connectivity index (χ1v) is 6.11. The summed E-state index contributed by atoms with van der Waals surface area (Å²) < 4.78 is 43.7. The first kappa shape index (κ1) is 14.6. The molecule has 1 atom stereocenters. The van der Waals surface area contributed by atoms with Gasteiger partial charge in [0.05, 0.1) is 17.6 Å². The second-order valence-corrected chi connectivity index (χ2v) is 4.82. The van der Waals surface area contributed by atoms with Crippen LogP contribution in [0.2, 0.25) is 0 Å². The molecular weight excluding hydrogens is 273 g/mol. The monoisotopic (exact) mass is 286 g/mol. The van der Waals surface area contributed by atoms with E-state index < -0.39 is 23.1 Å². The standard InChI is InChI=1S/C14H13F3O3/c1-9(18)20-7-6-13(8-12(13)19)10-4-2-3-5-11(10)14(15,16)17/h2-5H,6-8H2,1H3. The lowest BCUT2D eigenvalue weighted by Gasteiger charge is -2.19. The zero-order valence-electron chi connectivity index (χ0n) is 10.8. The minimum Gasteiger partial charge on any atom is -0.466 e. The van der Waals surface area contributed by atoms with Crippen molar-refractivity contribution in [1.29, 1.82) is 0 Å². The van der Waals surface area contributed by atoms with Gasteiger partial charge in [-0.2, -0.15) is 13.2 Å². The van der Waals surface area contributed by atoms with Crippen molar-refractivity contribution in [2.75, 3.05) is 6.61 Å². The van der Waals surface area contributed by atoms with Crippen molar-refractivity contribution in [2.45, 2.75) is 31.4 Å². The van der Waals surface area contributed by atoms with Crippen molar-refractivity contribution in [3.63, 3.8) is 0 Å². The Morgan fingerprint density at radius 2 is 1.95 bits per heavy atom. The van der Waals surface area contributed by atoms with Crippen LogP contribution in [-0.4, -0.2) is 18.4 Å². The highest BCUT2D eigenvalue weighted by Gasteiger charge is 2.57. The number of rotatable bonds is 4. The van der Waals surface area contributed by atoms with Crippen LogP contribution in [0, 0.1) is 0 Å². The highest BCUT2D eigenvalue weighted by atomic mass is 19.4. The summed E-state index contributed by atoms with van der Waals surface area (Å²) in [5.74, 6) is -0.765. The third-order valence-corrected chi connectivity index (χ3v) is 3.45. The third kappa shape index (κ3) is 2.69. The number of halogens is 3. The molecule has 0 saturated heterocycles. The van der Waals surface area contributed by atoms with Crippen LogP contribution in [0.15, 0.2) is 24.3 Å². The van der Waals surface area contributed by atoms with Crippen molar-refractivity contribution in [1.82, 2.24) is 0 Å². The Balaban J connectivity index is 2.29. The van der Waals surface area contributed by atoms with Crippen LogP contribution in [-0.2, 0) is 25.9 Å². The molecule has 0 N–H and O–H groups in total. The van der Waals surface area contributed by atoms with Crippen LogP contribution in [0.5, 0.6) is 0 Å². The van der Waals surface area contributed by atoms with Gasteiger partial charge in [-0.3, -0.25) is 9.59 Å². The first-order chi connectivity index (χ1) is 9.27. The van der Waals surface area contributed by atoms with E-state index in [1.54, 1.807) is 0 Å². The van der Waals surface area contributed by atoms with Gasteiger partial charge in [-0.05, 0) is 18.1 Å². The van der Waals surface area contributed by atoms with Gasteiger partial charge >= 0.3 is 12.1 Å². The van der Waals surface area contributed by atoms with Crippen molar-refractivity contribution in [2.24, 2.45) is 0 Å². The van der Waals surface area contributed by atoms with E-state index in [4.69, 9.17) is 4.74 Å². The molecule has 1 aliphatic carbocycles. The maximum Gasteiger partial charge on any atom is 0.416 e. The topological polar surface area (TPSA) is 43.4 Å². The lowest BCUT2D eigenvalue weighted by atomic mass is 9.88. The summed E-state index contributed by atoms with van der Waals surface area (Å²) in [6.45, 7) is 1.15. The van der Waals surface area contributed by atoms with E-state index in [-0.39, 0.29) is 30.8 Å². The molecule has 1 aromatic rings.